The first-order valence-corrected chi connectivity index (χ1v) is 11.5. The molecule has 0 amide bonds. The largest absolute Gasteiger partial charge is 0.311 e. The van der Waals surface area contributed by atoms with Crippen molar-refractivity contribution < 1.29 is 0 Å². The van der Waals surface area contributed by atoms with Crippen molar-refractivity contribution in [1.29, 1.82) is 0 Å². The molecule has 1 unspecified atom stereocenters. The summed E-state index contributed by atoms with van der Waals surface area (Å²) in [6, 6.07) is 10.0. The number of nitrogens with zero attached hydrogens (tertiary/aromatic N) is 1. The zero-order valence-corrected chi connectivity index (χ0v) is 14.6. The third-order valence-corrected chi connectivity index (χ3v) is 6.50. The number of nitrogens with one attached hydrogen (secondary N) is 1. The second-order valence-corrected chi connectivity index (χ2v) is 12.1. The highest BCUT2D eigenvalue weighted by molar-refractivity contribution is 6.88. The van der Waals surface area contributed by atoms with Gasteiger partial charge in [0.2, 0.25) is 0 Å². The second kappa shape index (κ2) is 6.88. The van der Waals surface area contributed by atoms with E-state index in [4.69, 9.17) is 0 Å². The van der Waals surface area contributed by atoms with E-state index in [0.717, 1.165) is 19.1 Å². The van der Waals surface area contributed by atoms with Crippen molar-refractivity contribution >= 4 is 13.3 Å². The van der Waals surface area contributed by atoms with Gasteiger partial charge in [-0.3, -0.25) is 4.90 Å². The van der Waals surface area contributed by atoms with Gasteiger partial charge in [0.1, 0.15) is 0 Å². The monoisotopic (exact) mass is 290 g/mol. The van der Waals surface area contributed by atoms with Crippen LogP contribution in [0.15, 0.2) is 24.3 Å². The molecule has 0 radical (unpaired) electrons. The molecule has 112 valence electrons. The summed E-state index contributed by atoms with van der Waals surface area (Å²) in [5.41, 5.74) is 1.41. The first kappa shape index (κ1) is 15.7. The third kappa shape index (κ3) is 4.17. The van der Waals surface area contributed by atoms with Gasteiger partial charge in [-0.2, -0.15) is 0 Å². The molecule has 1 N–H and O–H groups in total. The molecule has 0 aromatic heterocycles. The van der Waals surface area contributed by atoms with E-state index in [1.165, 1.54) is 31.5 Å². The van der Waals surface area contributed by atoms with Gasteiger partial charge < -0.3 is 5.32 Å². The summed E-state index contributed by atoms with van der Waals surface area (Å²) < 4.78 is 0. The van der Waals surface area contributed by atoms with Gasteiger partial charge in [-0.1, -0.05) is 56.0 Å². The van der Waals surface area contributed by atoms with Gasteiger partial charge in [0.05, 0.1) is 8.07 Å². The number of hydrogen-bond acceptors (Lipinski definition) is 2. The van der Waals surface area contributed by atoms with Gasteiger partial charge in [0.15, 0.2) is 0 Å². The van der Waals surface area contributed by atoms with Crippen LogP contribution in [0.25, 0.3) is 0 Å². The molecular formula is C17H30N2Si. The standard InChI is InChI=1S/C17H30N2Si/c1-5-19-12-6-7-16(19)14-18-13-15-8-10-17(11-9-15)20(2,3)4/h8-11,16,18H,5-7,12-14H2,1-4H3. The van der Waals surface area contributed by atoms with E-state index in [-0.39, 0.29) is 0 Å². The van der Waals surface area contributed by atoms with Gasteiger partial charge in [-0.05, 0) is 31.5 Å². The molecule has 0 saturated carbocycles. The number of hydrogen-bond donors (Lipinski definition) is 1. The lowest BCUT2D eigenvalue weighted by atomic mass is 10.2. The molecule has 0 aliphatic carbocycles. The van der Waals surface area contributed by atoms with Crippen LogP contribution in [-0.4, -0.2) is 38.6 Å². The number of likely N-dealkylation sites (tertiary alicyclic amines) is 1. The molecule has 2 rings (SSSR count). The highest BCUT2D eigenvalue weighted by Crippen LogP contribution is 2.15. The minimum absolute atomic E-state index is 0.751. The van der Waals surface area contributed by atoms with Crippen molar-refractivity contribution in [2.24, 2.45) is 0 Å². The van der Waals surface area contributed by atoms with Crippen LogP contribution in [0.4, 0.5) is 0 Å². The first-order valence-electron chi connectivity index (χ1n) is 8.05. The summed E-state index contributed by atoms with van der Waals surface area (Å²) in [5, 5.41) is 5.19. The molecule has 1 heterocycles. The van der Waals surface area contributed by atoms with Crippen molar-refractivity contribution in [1.82, 2.24) is 10.2 Å². The quantitative estimate of drug-likeness (QED) is 0.811. The molecular weight excluding hydrogens is 260 g/mol. The summed E-state index contributed by atoms with van der Waals surface area (Å²) in [7, 11) is -1.15. The summed E-state index contributed by atoms with van der Waals surface area (Å²) in [5.74, 6) is 0. The average Bonchev–Trinajstić information content (AvgIpc) is 2.86. The molecule has 1 saturated heterocycles. The molecule has 2 nitrogen and oxygen atoms in total. The Morgan fingerprint density at radius 2 is 1.90 bits per heavy atom. The highest BCUT2D eigenvalue weighted by Gasteiger charge is 2.22. The summed E-state index contributed by atoms with van der Waals surface area (Å²) in [4.78, 5) is 2.60. The zero-order chi connectivity index (χ0) is 14.6. The maximum absolute atomic E-state index is 3.64. The maximum Gasteiger partial charge on any atom is 0.0775 e. The maximum atomic E-state index is 3.64. The predicted octanol–water partition coefficient (Wildman–Crippen LogP) is 2.81. The number of benzene rings is 1. The topological polar surface area (TPSA) is 15.3 Å². The molecule has 1 atom stereocenters. The van der Waals surface area contributed by atoms with Crippen LogP contribution < -0.4 is 10.5 Å². The Morgan fingerprint density at radius 1 is 1.20 bits per heavy atom. The lowest BCUT2D eigenvalue weighted by Gasteiger charge is -2.23. The Kier molecular flexibility index (Phi) is 5.41. The Morgan fingerprint density at radius 3 is 2.50 bits per heavy atom. The molecule has 0 bridgehead atoms. The first-order chi connectivity index (χ1) is 9.50. The minimum Gasteiger partial charge on any atom is -0.311 e. The van der Waals surface area contributed by atoms with Crippen LogP contribution in [0, 0.1) is 0 Å². The van der Waals surface area contributed by atoms with E-state index in [9.17, 15) is 0 Å². The fourth-order valence-corrected chi connectivity index (χ4v) is 4.22. The van der Waals surface area contributed by atoms with Gasteiger partial charge >= 0.3 is 0 Å². The number of rotatable bonds is 6. The average molecular weight is 291 g/mol. The van der Waals surface area contributed by atoms with E-state index in [2.05, 4.69) is 61.0 Å². The van der Waals surface area contributed by atoms with E-state index in [1.807, 2.05) is 0 Å². The SMILES string of the molecule is CCN1CCCC1CNCc1ccc([Si](C)(C)C)cc1. The van der Waals surface area contributed by atoms with Gasteiger partial charge in [-0.25, -0.2) is 0 Å². The Hall–Kier alpha value is -0.643. The highest BCUT2D eigenvalue weighted by atomic mass is 28.3. The lowest BCUT2D eigenvalue weighted by Crippen LogP contribution is -2.38. The molecule has 1 aromatic rings. The normalized spacial score (nSPS) is 20.5. The molecule has 1 aromatic carbocycles. The molecule has 1 aliphatic rings. The van der Waals surface area contributed by atoms with Gasteiger partial charge in [0, 0.05) is 19.1 Å². The number of likely N-dealkylation sites (N-methyl/N-ethyl adjacent to an activating group) is 1. The van der Waals surface area contributed by atoms with Crippen molar-refractivity contribution in [3.8, 4) is 0 Å². The van der Waals surface area contributed by atoms with E-state index < -0.39 is 8.07 Å². The smallest absolute Gasteiger partial charge is 0.0775 e. The van der Waals surface area contributed by atoms with Gasteiger partial charge in [-0.15, -0.1) is 0 Å². The minimum atomic E-state index is -1.15. The fourth-order valence-electron chi connectivity index (χ4n) is 3.05. The Bertz CT molecular complexity index is 408. The van der Waals surface area contributed by atoms with Crippen molar-refractivity contribution in [2.45, 2.75) is 52.0 Å². The Balaban J connectivity index is 1.80. The van der Waals surface area contributed by atoms with Gasteiger partial charge in [0.25, 0.3) is 0 Å². The molecule has 0 spiro atoms. The molecule has 1 fully saturated rings. The third-order valence-electron chi connectivity index (χ3n) is 4.43. The lowest BCUT2D eigenvalue weighted by molar-refractivity contribution is 0.260. The van der Waals surface area contributed by atoms with Crippen LogP contribution in [0.1, 0.15) is 25.3 Å². The van der Waals surface area contributed by atoms with Crippen LogP contribution in [0.2, 0.25) is 19.6 Å². The predicted molar refractivity (Wildman–Crippen MR) is 91.4 cm³/mol. The summed E-state index contributed by atoms with van der Waals surface area (Å²) in [6.45, 7) is 14.1. The van der Waals surface area contributed by atoms with E-state index in [0.29, 0.717) is 0 Å². The van der Waals surface area contributed by atoms with E-state index >= 15 is 0 Å². The van der Waals surface area contributed by atoms with Crippen molar-refractivity contribution in [3.63, 3.8) is 0 Å². The van der Waals surface area contributed by atoms with Crippen LogP contribution in [0.5, 0.6) is 0 Å². The van der Waals surface area contributed by atoms with Crippen LogP contribution >= 0.6 is 0 Å². The molecule has 3 heteroatoms. The second-order valence-electron chi connectivity index (χ2n) is 7.00. The fraction of sp³-hybridized carbons (Fsp3) is 0.647. The van der Waals surface area contributed by atoms with E-state index in [1.54, 1.807) is 5.19 Å². The van der Waals surface area contributed by atoms with Crippen molar-refractivity contribution in [3.05, 3.63) is 29.8 Å². The molecule has 1 aliphatic heterocycles. The molecule has 20 heavy (non-hydrogen) atoms. The zero-order valence-electron chi connectivity index (χ0n) is 13.6. The summed E-state index contributed by atoms with van der Waals surface area (Å²) >= 11 is 0. The van der Waals surface area contributed by atoms with Crippen molar-refractivity contribution in [2.75, 3.05) is 19.6 Å². The van der Waals surface area contributed by atoms with Crippen LogP contribution in [-0.2, 0) is 6.54 Å². The van der Waals surface area contributed by atoms with Crippen LogP contribution in [0.3, 0.4) is 0 Å². The Labute approximate surface area is 125 Å². The summed E-state index contributed by atoms with van der Waals surface area (Å²) in [6.07, 6.45) is 2.72.